The van der Waals surface area contributed by atoms with E-state index in [9.17, 15) is 4.79 Å². The molecule has 0 spiro atoms. The minimum Gasteiger partial charge on any atom is -0.312 e. The molecule has 0 saturated carbocycles. The number of aromatic nitrogens is 2. The molecule has 5 heteroatoms. The van der Waals surface area contributed by atoms with E-state index in [-0.39, 0.29) is 5.56 Å². The molecule has 2 aromatic rings. The molecule has 0 saturated heterocycles. The van der Waals surface area contributed by atoms with Gasteiger partial charge in [-0.3, -0.25) is 4.79 Å². The van der Waals surface area contributed by atoms with Crippen LogP contribution in [0.1, 0.15) is 18.9 Å². The number of hydrogen-bond acceptors (Lipinski definition) is 4. The Bertz CT molecular complexity index is 519. The van der Waals surface area contributed by atoms with Crippen LogP contribution in [0.2, 0.25) is 0 Å². The lowest BCUT2D eigenvalue weighted by Gasteiger charge is -2.03. The molecule has 2 N–H and O–H groups in total. The molecule has 0 aromatic carbocycles. The Morgan fingerprint density at radius 3 is 3.06 bits per heavy atom. The van der Waals surface area contributed by atoms with Crippen LogP contribution in [-0.4, -0.2) is 16.5 Å². The Kier molecular flexibility index (Phi) is 4.06. The van der Waals surface area contributed by atoms with E-state index in [1.54, 1.807) is 17.5 Å². The van der Waals surface area contributed by atoms with Crippen molar-refractivity contribution < 1.29 is 0 Å². The summed E-state index contributed by atoms with van der Waals surface area (Å²) in [4.78, 5) is 18.9. The van der Waals surface area contributed by atoms with Gasteiger partial charge in [0.15, 0.2) is 0 Å². The molecule has 0 atom stereocenters. The maximum absolute atomic E-state index is 11.8. The van der Waals surface area contributed by atoms with Crippen molar-refractivity contribution >= 4 is 11.3 Å². The first-order valence-electron chi connectivity index (χ1n) is 5.62. The molecule has 0 aliphatic heterocycles. The molecule has 0 unspecified atom stereocenters. The zero-order valence-corrected chi connectivity index (χ0v) is 10.5. The number of aromatic amines is 1. The van der Waals surface area contributed by atoms with Crippen molar-refractivity contribution in [1.29, 1.82) is 0 Å². The van der Waals surface area contributed by atoms with Crippen LogP contribution in [0, 0.1) is 0 Å². The first-order chi connectivity index (χ1) is 8.31. The smallest absolute Gasteiger partial charge is 0.255 e. The first-order valence-corrected chi connectivity index (χ1v) is 6.57. The lowest BCUT2D eigenvalue weighted by molar-refractivity contribution is 0.668. The summed E-state index contributed by atoms with van der Waals surface area (Å²) in [6.07, 6.45) is 2.70. The minimum atomic E-state index is -0.0650. The summed E-state index contributed by atoms with van der Waals surface area (Å²) in [5.74, 6) is 0.635. The van der Waals surface area contributed by atoms with Crippen molar-refractivity contribution in [3.05, 3.63) is 38.9 Å². The third-order valence-corrected chi connectivity index (χ3v) is 3.09. The van der Waals surface area contributed by atoms with Crippen molar-refractivity contribution in [2.75, 3.05) is 6.54 Å². The van der Waals surface area contributed by atoms with Gasteiger partial charge in [0.2, 0.25) is 0 Å². The SMILES string of the molecule is CCCNCc1cnc(-c2ccsc2)[nH]c1=O. The Balaban J connectivity index is 2.15. The fraction of sp³-hybridized carbons (Fsp3) is 0.333. The van der Waals surface area contributed by atoms with E-state index in [1.807, 2.05) is 16.8 Å². The number of nitrogens with zero attached hydrogens (tertiary/aromatic N) is 1. The Labute approximate surface area is 104 Å². The Hall–Kier alpha value is -1.46. The number of thiophene rings is 1. The number of rotatable bonds is 5. The van der Waals surface area contributed by atoms with Gasteiger partial charge in [-0.2, -0.15) is 11.3 Å². The highest BCUT2D eigenvalue weighted by atomic mass is 32.1. The quantitative estimate of drug-likeness (QED) is 0.797. The zero-order chi connectivity index (χ0) is 12.1. The van der Waals surface area contributed by atoms with Crippen molar-refractivity contribution in [2.24, 2.45) is 0 Å². The van der Waals surface area contributed by atoms with Crippen molar-refractivity contribution in [3.8, 4) is 11.4 Å². The normalized spacial score (nSPS) is 10.6. The lowest BCUT2D eigenvalue weighted by Crippen LogP contribution is -2.22. The molecular formula is C12H15N3OS. The molecule has 0 fully saturated rings. The van der Waals surface area contributed by atoms with E-state index >= 15 is 0 Å². The van der Waals surface area contributed by atoms with Gasteiger partial charge in [-0.25, -0.2) is 4.98 Å². The standard InChI is InChI=1S/C12H15N3OS/c1-2-4-13-6-10-7-14-11(15-12(10)16)9-3-5-17-8-9/h3,5,7-8,13H,2,4,6H2,1H3,(H,14,15,16). The molecular weight excluding hydrogens is 234 g/mol. The summed E-state index contributed by atoms with van der Waals surface area (Å²) in [5, 5.41) is 7.12. The van der Waals surface area contributed by atoms with Gasteiger partial charge in [0.05, 0.1) is 0 Å². The summed E-state index contributed by atoms with van der Waals surface area (Å²) >= 11 is 1.59. The van der Waals surface area contributed by atoms with E-state index in [0.717, 1.165) is 18.5 Å². The largest absolute Gasteiger partial charge is 0.312 e. The number of nitrogens with one attached hydrogen (secondary N) is 2. The summed E-state index contributed by atoms with van der Waals surface area (Å²) < 4.78 is 0. The second-order valence-corrected chi connectivity index (χ2v) is 4.56. The van der Waals surface area contributed by atoms with Crippen molar-refractivity contribution in [3.63, 3.8) is 0 Å². The third kappa shape index (κ3) is 3.01. The second-order valence-electron chi connectivity index (χ2n) is 3.77. The van der Waals surface area contributed by atoms with Crippen LogP contribution in [-0.2, 0) is 6.54 Å². The summed E-state index contributed by atoms with van der Waals surface area (Å²) in [5.41, 5.74) is 1.57. The second kappa shape index (κ2) is 5.75. The molecule has 4 nitrogen and oxygen atoms in total. The van der Waals surface area contributed by atoms with Crippen LogP contribution in [0.5, 0.6) is 0 Å². The van der Waals surface area contributed by atoms with E-state index in [2.05, 4.69) is 22.2 Å². The molecule has 0 bridgehead atoms. The molecule has 2 rings (SSSR count). The molecule has 0 radical (unpaired) electrons. The van der Waals surface area contributed by atoms with Crippen LogP contribution in [0.15, 0.2) is 27.8 Å². The molecule has 0 amide bonds. The summed E-state index contributed by atoms with van der Waals surface area (Å²) in [6.45, 7) is 3.57. The van der Waals surface area contributed by atoms with Gasteiger partial charge in [-0.1, -0.05) is 6.92 Å². The van der Waals surface area contributed by atoms with E-state index in [4.69, 9.17) is 0 Å². The topological polar surface area (TPSA) is 57.8 Å². The van der Waals surface area contributed by atoms with Crippen LogP contribution < -0.4 is 10.9 Å². The van der Waals surface area contributed by atoms with Gasteiger partial charge < -0.3 is 10.3 Å². The van der Waals surface area contributed by atoms with Gasteiger partial charge in [-0.15, -0.1) is 0 Å². The summed E-state index contributed by atoms with van der Waals surface area (Å²) in [6, 6.07) is 1.94. The van der Waals surface area contributed by atoms with Gasteiger partial charge in [0.25, 0.3) is 5.56 Å². The molecule has 17 heavy (non-hydrogen) atoms. The average Bonchev–Trinajstić information content (AvgIpc) is 2.85. The van der Waals surface area contributed by atoms with Gasteiger partial charge in [0.1, 0.15) is 5.82 Å². The fourth-order valence-electron chi connectivity index (χ4n) is 1.49. The van der Waals surface area contributed by atoms with Crippen molar-refractivity contribution in [2.45, 2.75) is 19.9 Å². The van der Waals surface area contributed by atoms with Crippen LogP contribution in [0.25, 0.3) is 11.4 Å². The highest BCUT2D eigenvalue weighted by molar-refractivity contribution is 7.08. The average molecular weight is 249 g/mol. The Morgan fingerprint density at radius 2 is 2.41 bits per heavy atom. The van der Waals surface area contributed by atoms with Crippen LogP contribution in [0.3, 0.4) is 0 Å². The maximum Gasteiger partial charge on any atom is 0.255 e. The minimum absolute atomic E-state index is 0.0650. The maximum atomic E-state index is 11.8. The zero-order valence-electron chi connectivity index (χ0n) is 9.69. The molecule has 2 heterocycles. The highest BCUT2D eigenvalue weighted by Crippen LogP contribution is 2.16. The first kappa shape index (κ1) is 12.0. The molecule has 90 valence electrons. The Morgan fingerprint density at radius 1 is 1.53 bits per heavy atom. The highest BCUT2D eigenvalue weighted by Gasteiger charge is 2.04. The lowest BCUT2D eigenvalue weighted by atomic mass is 10.3. The fourth-order valence-corrected chi connectivity index (χ4v) is 2.13. The van der Waals surface area contributed by atoms with E-state index in [1.165, 1.54) is 0 Å². The van der Waals surface area contributed by atoms with Gasteiger partial charge >= 0.3 is 0 Å². The predicted molar refractivity (Wildman–Crippen MR) is 70.2 cm³/mol. The third-order valence-electron chi connectivity index (χ3n) is 2.41. The van der Waals surface area contributed by atoms with Gasteiger partial charge in [-0.05, 0) is 24.4 Å². The monoisotopic (exact) mass is 249 g/mol. The van der Waals surface area contributed by atoms with E-state index in [0.29, 0.717) is 17.9 Å². The van der Waals surface area contributed by atoms with E-state index < -0.39 is 0 Å². The van der Waals surface area contributed by atoms with Crippen molar-refractivity contribution in [1.82, 2.24) is 15.3 Å². The number of H-pyrrole nitrogens is 1. The van der Waals surface area contributed by atoms with Gasteiger partial charge in [0, 0.05) is 29.2 Å². The molecule has 0 aliphatic rings. The van der Waals surface area contributed by atoms with Crippen LogP contribution >= 0.6 is 11.3 Å². The number of hydrogen-bond donors (Lipinski definition) is 2. The molecule has 0 aliphatic carbocycles. The predicted octanol–water partition coefficient (Wildman–Crippen LogP) is 2.00. The van der Waals surface area contributed by atoms with Crippen LogP contribution in [0.4, 0.5) is 0 Å². The molecule has 2 aromatic heterocycles. The summed E-state index contributed by atoms with van der Waals surface area (Å²) in [7, 11) is 0.